The zero-order chi connectivity index (χ0) is 21.7. The molecule has 1 N–H and O–H groups in total. The normalized spacial score (nSPS) is 49.1. The average Bonchev–Trinajstić information content (AvgIpc) is 3.05. The molecule has 4 fully saturated rings. The van der Waals surface area contributed by atoms with Crippen molar-refractivity contribution in [2.75, 3.05) is 0 Å². The minimum Gasteiger partial charge on any atom is -0.378 e. The van der Waals surface area contributed by atoms with E-state index in [9.17, 15) is 5.11 Å². The highest BCUT2D eigenvalue weighted by Crippen LogP contribution is 2.68. The summed E-state index contributed by atoms with van der Waals surface area (Å²) in [5.41, 5.74) is 0.161. The van der Waals surface area contributed by atoms with E-state index in [0.717, 1.165) is 54.8 Å². The van der Waals surface area contributed by atoms with E-state index in [1.54, 1.807) is 0 Å². The second-order valence-corrected chi connectivity index (χ2v) is 13.1. The Kier molecular flexibility index (Phi) is 6.16. The fourth-order valence-corrected chi connectivity index (χ4v) is 9.40. The molecule has 0 spiro atoms. The Hall–Kier alpha value is -0.480. The molecular weight excluding hydrogens is 364 g/mol. The summed E-state index contributed by atoms with van der Waals surface area (Å²) in [5.74, 6) is 8.79. The molecule has 1 heteroatoms. The summed E-state index contributed by atoms with van der Waals surface area (Å²) in [6, 6.07) is 0. The molecule has 0 saturated heterocycles. The maximum absolute atomic E-state index is 10.8. The number of terminal acetylenes is 1. The van der Waals surface area contributed by atoms with Gasteiger partial charge >= 0.3 is 0 Å². The van der Waals surface area contributed by atoms with Crippen molar-refractivity contribution >= 4 is 0 Å². The predicted molar refractivity (Wildman–Crippen MR) is 127 cm³/mol. The van der Waals surface area contributed by atoms with Crippen molar-refractivity contribution in [3.63, 3.8) is 0 Å². The molecule has 4 aliphatic carbocycles. The molecule has 1 nitrogen and oxygen atoms in total. The van der Waals surface area contributed by atoms with E-state index in [0.29, 0.717) is 16.7 Å². The Morgan fingerprint density at radius 1 is 0.900 bits per heavy atom. The quantitative estimate of drug-likeness (QED) is 0.464. The Bertz CT molecular complexity index is 660. The van der Waals surface area contributed by atoms with Crippen LogP contribution in [0.4, 0.5) is 0 Å². The van der Waals surface area contributed by atoms with Crippen LogP contribution in [0.1, 0.15) is 112 Å². The van der Waals surface area contributed by atoms with Gasteiger partial charge in [-0.15, -0.1) is 6.42 Å². The molecular formula is C29H48O. The molecule has 0 aromatic rings. The van der Waals surface area contributed by atoms with Gasteiger partial charge in [0.05, 0.1) is 0 Å². The third-order valence-corrected chi connectivity index (χ3v) is 11.2. The monoisotopic (exact) mass is 412 g/mol. The highest BCUT2D eigenvalue weighted by molar-refractivity contribution is 5.16. The van der Waals surface area contributed by atoms with Gasteiger partial charge in [-0.3, -0.25) is 0 Å². The van der Waals surface area contributed by atoms with E-state index in [1.807, 2.05) is 0 Å². The molecule has 4 aliphatic rings. The molecule has 0 radical (unpaired) electrons. The van der Waals surface area contributed by atoms with E-state index < -0.39 is 5.60 Å². The summed E-state index contributed by atoms with van der Waals surface area (Å²) in [5, 5.41) is 10.8. The van der Waals surface area contributed by atoms with Crippen molar-refractivity contribution in [1.82, 2.24) is 0 Å². The molecule has 0 aromatic carbocycles. The summed E-state index contributed by atoms with van der Waals surface area (Å²) >= 11 is 0. The largest absolute Gasteiger partial charge is 0.378 e. The first-order valence-corrected chi connectivity index (χ1v) is 13.3. The minimum absolute atomic E-state index is 0.411. The molecule has 0 aromatic heterocycles. The second-order valence-electron chi connectivity index (χ2n) is 13.1. The van der Waals surface area contributed by atoms with E-state index in [2.05, 4.69) is 40.5 Å². The number of rotatable bonds is 5. The van der Waals surface area contributed by atoms with Crippen molar-refractivity contribution in [1.29, 1.82) is 0 Å². The van der Waals surface area contributed by atoms with Crippen LogP contribution in [0.2, 0.25) is 0 Å². The molecule has 9 unspecified atom stereocenters. The van der Waals surface area contributed by atoms with Crippen LogP contribution in [0, 0.1) is 64.6 Å². The third-order valence-electron chi connectivity index (χ3n) is 11.2. The first-order chi connectivity index (χ1) is 14.1. The van der Waals surface area contributed by atoms with E-state index >= 15 is 0 Å². The van der Waals surface area contributed by atoms with Crippen LogP contribution in [0.5, 0.6) is 0 Å². The molecule has 9 atom stereocenters. The fraction of sp³-hybridized carbons (Fsp3) is 0.931. The Labute approximate surface area is 187 Å². The van der Waals surface area contributed by atoms with Gasteiger partial charge in [-0.1, -0.05) is 59.8 Å². The first-order valence-electron chi connectivity index (χ1n) is 13.3. The molecule has 30 heavy (non-hydrogen) atoms. The van der Waals surface area contributed by atoms with Gasteiger partial charge in [-0.2, -0.15) is 0 Å². The Balaban J connectivity index is 1.47. The number of hydrogen-bond donors (Lipinski definition) is 1. The lowest BCUT2D eigenvalue weighted by molar-refractivity contribution is -0.140. The van der Waals surface area contributed by atoms with Crippen molar-refractivity contribution in [2.24, 2.45) is 52.3 Å². The summed E-state index contributed by atoms with van der Waals surface area (Å²) in [6.45, 7) is 12.6. The zero-order valence-electron chi connectivity index (χ0n) is 20.6. The average molecular weight is 413 g/mol. The molecule has 4 rings (SSSR count). The van der Waals surface area contributed by atoms with Crippen molar-refractivity contribution in [3.8, 4) is 12.3 Å². The molecule has 0 aliphatic heterocycles. The smallest absolute Gasteiger partial charge is 0.125 e. The first kappa shape index (κ1) is 22.7. The molecule has 0 bridgehead atoms. The third kappa shape index (κ3) is 3.68. The van der Waals surface area contributed by atoms with Gasteiger partial charge in [0.15, 0.2) is 0 Å². The molecule has 4 saturated carbocycles. The Morgan fingerprint density at radius 3 is 2.33 bits per heavy atom. The maximum atomic E-state index is 10.8. The summed E-state index contributed by atoms with van der Waals surface area (Å²) in [6.07, 6.45) is 21.3. The summed E-state index contributed by atoms with van der Waals surface area (Å²) in [4.78, 5) is 0. The van der Waals surface area contributed by atoms with E-state index in [1.165, 1.54) is 57.8 Å². The minimum atomic E-state index is -0.829. The van der Waals surface area contributed by atoms with Gasteiger partial charge in [0.1, 0.15) is 5.60 Å². The zero-order valence-corrected chi connectivity index (χ0v) is 20.6. The fourth-order valence-electron chi connectivity index (χ4n) is 9.40. The highest BCUT2D eigenvalue weighted by atomic mass is 16.3. The van der Waals surface area contributed by atoms with Gasteiger partial charge in [0, 0.05) is 0 Å². The van der Waals surface area contributed by atoms with Crippen molar-refractivity contribution in [2.45, 2.75) is 117 Å². The van der Waals surface area contributed by atoms with Crippen LogP contribution >= 0.6 is 0 Å². The van der Waals surface area contributed by atoms with E-state index in [-0.39, 0.29) is 0 Å². The van der Waals surface area contributed by atoms with Gasteiger partial charge in [0.2, 0.25) is 0 Å². The lowest BCUT2D eigenvalue weighted by Crippen LogP contribution is -2.55. The van der Waals surface area contributed by atoms with Crippen LogP contribution in [0.25, 0.3) is 0 Å². The summed E-state index contributed by atoms with van der Waals surface area (Å²) < 4.78 is 0. The maximum Gasteiger partial charge on any atom is 0.125 e. The van der Waals surface area contributed by atoms with Gasteiger partial charge in [0.25, 0.3) is 0 Å². The lowest BCUT2D eigenvalue weighted by atomic mass is 9.43. The van der Waals surface area contributed by atoms with Crippen molar-refractivity contribution in [3.05, 3.63) is 0 Å². The molecule has 0 amide bonds. The number of fused-ring (bicyclic) bond motifs is 5. The molecule has 170 valence electrons. The van der Waals surface area contributed by atoms with Gasteiger partial charge in [-0.05, 0) is 110 Å². The van der Waals surface area contributed by atoms with Crippen LogP contribution in [0.15, 0.2) is 0 Å². The van der Waals surface area contributed by atoms with Gasteiger partial charge < -0.3 is 5.11 Å². The summed E-state index contributed by atoms with van der Waals surface area (Å²) in [7, 11) is 0. The van der Waals surface area contributed by atoms with Crippen LogP contribution in [-0.2, 0) is 0 Å². The lowest BCUT2D eigenvalue weighted by Gasteiger charge is -2.62. The van der Waals surface area contributed by atoms with Crippen molar-refractivity contribution < 1.29 is 5.11 Å². The SMILES string of the molecule is C#CC1(O)CCC2(C)C(CCC3C2CCC2(C)C(C(C)CCCC(C)C)CCC32)C1. The standard InChI is InChI=1S/C29H48O/c1-7-29(30)18-17-27(5)22(19-29)11-12-23-25-14-13-24(21(4)10-8-9-20(2)3)28(25,6)16-15-26(23)27/h1,20-26,30H,8-19H2,2-6H3. The predicted octanol–water partition coefficient (Wildman–Crippen LogP) is 7.47. The van der Waals surface area contributed by atoms with Crippen LogP contribution in [-0.4, -0.2) is 10.7 Å². The second kappa shape index (κ2) is 8.14. The highest BCUT2D eigenvalue weighted by Gasteiger charge is 2.61. The van der Waals surface area contributed by atoms with Crippen LogP contribution in [0.3, 0.4) is 0 Å². The number of aliphatic hydroxyl groups is 1. The number of hydrogen-bond acceptors (Lipinski definition) is 1. The molecule has 0 heterocycles. The van der Waals surface area contributed by atoms with Crippen LogP contribution < -0.4 is 0 Å². The topological polar surface area (TPSA) is 20.2 Å². The van der Waals surface area contributed by atoms with Gasteiger partial charge in [-0.25, -0.2) is 0 Å². The Morgan fingerprint density at radius 2 is 1.63 bits per heavy atom. The van der Waals surface area contributed by atoms with E-state index in [4.69, 9.17) is 6.42 Å².